The molecule has 1 N–H and O–H groups in total. The lowest BCUT2D eigenvalue weighted by molar-refractivity contribution is -0.126. The molecule has 0 bridgehead atoms. The van der Waals surface area contributed by atoms with Gasteiger partial charge in [0.1, 0.15) is 0 Å². The first-order chi connectivity index (χ1) is 11.4. The van der Waals surface area contributed by atoms with E-state index in [0.29, 0.717) is 32.6 Å². The number of hydrogen-bond acceptors (Lipinski definition) is 4. The van der Waals surface area contributed by atoms with Gasteiger partial charge in [0.05, 0.1) is 12.1 Å². The Hall–Kier alpha value is -1.31. The lowest BCUT2D eigenvalue weighted by Gasteiger charge is -2.36. The molecule has 2 saturated heterocycles. The van der Waals surface area contributed by atoms with Gasteiger partial charge in [-0.3, -0.25) is 9.69 Å². The average molecular weight is 356 g/mol. The highest BCUT2D eigenvalue weighted by Gasteiger charge is 2.41. The Kier molecular flexibility index (Phi) is 5.03. The Morgan fingerprint density at radius 1 is 1.29 bits per heavy atom. The Bertz CT molecular complexity index is 596. The zero-order valence-electron chi connectivity index (χ0n) is 13.5. The van der Waals surface area contributed by atoms with E-state index >= 15 is 0 Å². The Balaban J connectivity index is 1.51. The van der Waals surface area contributed by atoms with Gasteiger partial charge in [0.15, 0.2) is 0 Å². The van der Waals surface area contributed by atoms with Crippen molar-refractivity contribution in [3.8, 4) is 0 Å². The minimum Gasteiger partial charge on any atom is -0.387 e. The number of β-amino-alcohol motifs (C(OH)–C–C–N with tert-alkyl or cyclic N) is 1. The smallest absolute Gasteiger partial charge is 0.250 e. The van der Waals surface area contributed by atoms with E-state index in [9.17, 15) is 18.7 Å². The SMILES string of the molecule is O=C(C=Cc1cccs1)N1CCC(O)(CN2CCC(F)(F)CC2)C1. The second-order valence-corrected chi connectivity index (χ2v) is 7.69. The number of aliphatic hydroxyl groups is 1. The maximum Gasteiger partial charge on any atom is 0.250 e. The van der Waals surface area contributed by atoms with E-state index in [1.165, 1.54) is 6.08 Å². The summed E-state index contributed by atoms with van der Waals surface area (Å²) in [5.41, 5.74) is -1.00. The first-order valence-electron chi connectivity index (χ1n) is 8.18. The predicted molar refractivity (Wildman–Crippen MR) is 90.1 cm³/mol. The van der Waals surface area contributed by atoms with Crippen LogP contribution in [0, 0.1) is 0 Å². The van der Waals surface area contributed by atoms with Crippen LogP contribution < -0.4 is 0 Å². The van der Waals surface area contributed by atoms with Crippen molar-refractivity contribution in [1.82, 2.24) is 9.80 Å². The van der Waals surface area contributed by atoms with Gasteiger partial charge in [-0.15, -0.1) is 11.3 Å². The van der Waals surface area contributed by atoms with Gasteiger partial charge < -0.3 is 10.0 Å². The number of likely N-dealkylation sites (tertiary alicyclic amines) is 2. The van der Waals surface area contributed by atoms with Gasteiger partial charge in [-0.05, 0) is 23.9 Å². The number of alkyl halides is 2. The minimum absolute atomic E-state index is 0.121. The van der Waals surface area contributed by atoms with Gasteiger partial charge in [-0.1, -0.05) is 6.07 Å². The maximum absolute atomic E-state index is 13.2. The third-order valence-electron chi connectivity index (χ3n) is 4.68. The summed E-state index contributed by atoms with van der Waals surface area (Å²) in [6.07, 6.45) is 3.47. The number of piperidine rings is 1. The van der Waals surface area contributed by atoms with Crippen LogP contribution in [-0.4, -0.2) is 65.1 Å². The fraction of sp³-hybridized carbons (Fsp3) is 0.588. The average Bonchev–Trinajstić information content (AvgIpc) is 3.17. The first kappa shape index (κ1) is 17.5. The van der Waals surface area contributed by atoms with Gasteiger partial charge in [0.2, 0.25) is 5.91 Å². The molecule has 2 aliphatic heterocycles. The van der Waals surface area contributed by atoms with Crippen molar-refractivity contribution in [3.05, 3.63) is 28.5 Å². The van der Waals surface area contributed by atoms with Gasteiger partial charge in [0.25, 0.3) is 5.92 Å². The molecule has 1 unspecified atom stereocenters. The second-order valence-electron chi connectivity index (χ2n) is 6.71. The highest BCUT2D eigenvalue weighted by Crippen LogP contribution is 2.30. The Morgan fingerprint density at radius 2 is 2.04 bits per heavy atom. The number of carbonyl (C=O) groups excluding carboxylic acids is 1. The third-order valence-corrected chi connectivity index (χ3v) is 5.52. The zero-order valence-corrected chi connectivity index (χ0v) is 14.3. The normalized spacial score (nSPS) is 27.9. The molecule has 4 nitrogen and oxygen atoms in total. The van der Waals surface area contributed by atoms with Crippen LogP contribution in [0.25, 0.3) is 6.08 Å². The topological polar surface area (TPSA) is 43.8 Å². The van der Waals surface area contributed by atoms with Gasteiger partial charge in [0, 0.05) is 50.0 Å². The van der Waals surface area contributed by atoms with E-state index in [0.717, 1.165) is 4.88 Å². The predicted octanol–water partition coefficient (Wildman–Crippen LogP) is 2.46. The van der Waals surface area contributed by atoms with Crippen LogP contribution in [-0.2, 0) is 4.79 Å². The van der Waals surface area contributed by atoms with Crippen molar-refractivity contribution in [2.24, 2.45) is 0 Å². The molecule has 1 aromatic heterocycles. The van der Waals surface area contributed by atoms with E-state index in [1.54, 1.807) is 22.3 Å². The summed E-state index contributed by atoms with van der Waals surface area (Å²) in [6, 6.07) is 3.85. The number of nitrogens with zero attached hydrogens (tertiary/aromatic N) is 2. The Labute approximate surface area is 144 Å². The van der Waals surface area contributed by atoms with Crippen LogP contribution in [0.3, 0.4) is 0 Å². The van der Waals surface area contributed by atoms with Crippen LogP contribution >= 0.6 is 11.3 Å². The zero-order chi connectivity index (χ0) is 17.2. The lowest BCUT2D eigenvalue weighted by Crippen LogP contribution is -2.49. The van der Waals surface area contributed by atoms with Crippen molar-refractivity contribution in [2.75, 3.05) is 32.7 Å². The monoisotopic (exact) mass is 356 g/mol. The standard InChI is InChI=1S/C17H22F2N2O2S/c18-17(19)6-8-20(9-7-17)12-16(23)5-10-21(13-16)15(22)4-3-14-2-1-11-24-14/h1-4,11,23H,5-10,12-13H2. The molecule has 0 saturated carbocycles. The van der Waals surface area contributed by atoms with Gasteiger partial charge in [-0.2, -0.15) is 0 Å². The van der Waals surface area contributed by atoms with Crippen LogP contribution in [0.2, 0.25) is 0 Å². The molecule has 0 spiro atoms. The molecule has 2 aliphatic rings. The molecular weight excluding hydrogens is 334 g/mol. The van der Waals surface area contributed by atoms with Crippen LogP contribution in [0.4, 0.5) is 8.78 Å². The number of thiophene rings is 1. The van der Waals surface area contributed by atoms with Crippen molar-refractivity contribution in [1.29, 1.82) is 0 Å². The van der Waals surface area contributed by atoms with Crippen molar-refractivity contribution in [3.63, 3.8) is 0 Å². The summed E-state index contributed by atoms with van der Waals surface area (Å²) in [5, 5.41) is 12.6. The van der Waals surface area contributed by atoms with Crippen LogP contribution in [0.1, 0.15) is 24.1 Å². The summed E-state index contributed by atoms with van der Waals surface area (Å²) >= 11 is 1.56. The van der Waals surface area contributed by atoms with Gasteiger partial charge in [-0.25, -0.2) is 8.78 Å². The molecule has 132 valence electrons. The molecule has 0 radical (unpaired) electrons. The molecule has 3 rings (SSSR count). The molecule has 1 aromatic rings. The lowest BCUT2D eigenvalue weighted by atomic mass is 10.00. The van der Waals surface area contributed by atoms with Gasteiger partial charge >= 0.3 is 0 Å². The molecule has 3 heterocycles. The highest BCUT2D eigenvalue weighted by atomic mass is 32.1. The van der Waals surface area contributed by atoms with E-state index in [2.05, 4.69) is 0 Å². The number of carbonyl (C=O) groups is 1. The molecule has 2 fully saturated rings. The molecular formula is C17H22F2N2O2S. The number of hydrogen-bond donors (Lipinski definition) is 1. The third kappa shape index (κ3) is 4.40. The summed E-state index contributed by atoms with van der Waals surface area (Å²) in [5.74, 6) is -2.70. The van der Waals surface area contributed by atoms with E-state index in [-0.39, 0.29) is 25.3 Å². The molecule has 7 heteroatoms. The summed E-state index contributed by atoms with van der Waals surface area (Å²) < 4.78 is 26.4. The molecule has 0 aliphatic carbocycles. The van der Waals surface area contributed by atoms with E-state index in [1.807, 2.05) is 22.4 Å². The van der Waals surface area contributed by atoms with E-state index in [4.69, 9.17) is 0 Å². The number of halogens is 2. The summed E-state index contributed by atoms with van der Waals surface area (Å²) in [7, 11) is 0. The number of amides is 1. The molecule has 1 amide bonds. The van der Waals surface area contributed by atoms with Crippen LogP contribution in [0.5, 0.6) is 0 Å². The van der Waals surface area contributed by atoms with Crippen molar-refractivity contribution < 1.29 is 18.7 Å². The first-order valence-corrected chi connectivity index (χ1v) is 9.06. The highest BCUT2D eigenvalue weighted by molar-refractivity contribution is 7.10. The largest absolute Gasteiger partial charge is 0.387 e. The summed E-state index contributed by atoms with van der Waals surface area (Å²) in [6.45, 7) is 1.69. The fourth-order valence-corrected chi connectivity index (χ4v) is 3.89. The molecule has 24 heavy (non-hydrogen) atoms. The van der Waals surface area contributed by atoms with Crippen LogP contribution in [0.15, 0.2) is 23.6 Å². The van der Waals surface area contributed by atoms with Crippen molar-refractivity contribution >= 4 is 23.3 Å². The van der Waals surface area contributed by atoms with E-state index < -0.39 is 11.5 Å². The summed E-state index contributed by atoms with van der Waals surface area (Å²) in [4.78, 5) is 16.7. The molecule has 0 aromatic carbocycles. The Morgan fingerprint density at radius 3 is 2.71 bits per heavy atom. The number of rotatable bonds is 4. The molecule has 1 atom stereocenters. The maximum atomic E-state index is 13.2. The quantitative estimate of drug-likeness (QED) is 0.843. The fourth-order valence-electron chi connectivity index (χ4n) is 3.27. The minimum atomic E-state index is -2.58. The van der Waals surface area contributed by atoms with Crippen molar-refractivity contribution in [2.45, 2.75) is 30.8 Å². The second kappa shape index (κ2) is 6.90.